The molecule has 1 aliphatic heterocycles. The van der Waals surface area contributed by atoms with Crippen LogP contribution in [0.25, 0.3) is 0 Å². The largest absolute Gasteiger partial charge is 0.378 e. The van der Waals surface area contributed by atoms with Crippen LogP contribution >= 0.6 is 11.3 Å². The Labute approximate surface area is 137 Å². The van der Waals surface area contributed by atoms with Crippen LogP contribution in [0.2, 0.25) is 0 Å². The molecule has 0 bridgehead atoms. The van der Waals surface area contributed by atoms with Crippen LogP contribution in [-0.2, 0) is 22.7 Å². The maximum absolute atomic E-state index is 11.9. The predicted molar refractivity (Wildman–Crippen MR) is 88.7 cm³/mol. The predicted octanol–water partition coefficient (Wildman–Crippen LogP) is 2.42. The Hall–Kier alpha value is -0.980. The van der Waals surface area contributed by atoms with Gasteiger partial charge in [0.25, 0.3) is 0 Å². The van der Waals surface area contributed by atoms with Gasteiger partial charge in [-0.05, 0) is 12.3 Å². The second-order valence-electron chi connectivity index (χ2n) is 5.80. The van der Waals surface area contributed by atoms with Gasteiger partial charge in [0.05, 0.1) is 12.3 Å². The molecule has 0 aliphatic carbocycles. The standard InChI is InChI=1S/C16H27N3O2S/c1-4-12-9-19(16(20)5-2)7-6-14(12)17-8-13-11-22-15(18-13)10-21-3/h11-12,14,17H,4-10H2,1-3H3/t12-,14-/m0/s1. The quantitative estimate of drug-likeness (QED) is 0.836. The Bertz CT molecular complexity index is 478. The van der Waals surface area contributed by atoms with Crippen molar-refractivity contribution < 1.29 is 9.53 Å². The van der Waals surface area contributed by atoms with Gasteiger partial charge >= 0.3 is 0 Å². The van der Waals surface area contributed by atoms with Crippen molar-refractivity contribution in [1.82, 2.24) is 15.2 Å². The van der Waals surface area contributed by atoms with Gasteiger partial charge in [-0.3, -0.25) is 4.79 Å². The molecular weight excluding hydrogens is 298 g/mol. The molecule has 2 rings (SSSR count). The number of nitrogens with one attached hydrogen (secondary N) is 1. The minimum absolute atomic E-state index is 0.278. The van der Waals surface area contributed by atoms with Crippen molar-refractivity contribution in [2.75, 3.05) is 20.2 Å². The van der Waals surface area contributed by atoms with E-state index in [-0.39, 0.29) is 5.91 Å². The summed E-state index contributed by atoms with van der Waals surface area (Å²) in [6.07, 6.45) is 2.73. The van der Waals surface area contributed by atoms with Gasteiger partial charge in [0.1, 0.15) is 5.01 Å². The number of aromatic nitrogens is 1. The zero-order chi connectivity index (χ0) is 15.9. The van der Waals surface area contributed by atoms with Crippen LogP contribution < -0.4 is 5.32 Å². The first-order valence-corrected chi connectivity index (χ1v) is 8.99. The molecule has 0 radical (unpaired) electrons. The van der Waals surface area contributed by atoms with E-state index in [4.69, 9.17) is 4.74 Å². The maximum Gasteiger partial charge on any atom is 0.222 e. The van der Waals surface area contributed by atoms with Crippen molar-refractivity contribution >= 4 is 17.2 Å². The third-order valence-corrected chi connectivity index (χ3v) is 5.20. The molecule has 124 valence electrons. The molecule has 1 aromatic heterocycles. The molecule has 0 aromatic carbocycles. The van der Waals surface area contributed by atoms with Crippen LogP contribution in [0.5, 0.6) is 0 Å². The third-order valence-electron chi connectivity index (χ3n) is 4.33. The molecule has 1 aliphatic rings. The number of thiazole rings is 1. The van der Waals surface area contributed by atoms with Gasteiger partial charge in [0, 0.05) is 44.6 Å². The van der Waals surface area contributed by atoms with Crippen molar-refractivity contribution in [2.24, 2.45) is 5.92 Å². The van der Waals surface area contributed by atoms with Gasteiger partial charge in [-0.2, -0.15) is 0 Å². The van der Waals surface area contributed by atoms with Gasteiger partial charge < -0.3 is 15.0 Å². The first-order chi connectivity index (χ1) is 10.7. The summed E-state index contributed by atoms with van der Waals surface area (Å²) in [6.45, 7) is 7.27. The zero-order valence-electron chi connectivity index (χ0n) is 13.8. The minimum atomic E-state index is 0.278. The van der Waals surface area contributed by atoms with E-state index in [2.05, 4.69) is 22.6 Å². The highest BCUT2D eigenvalue weighted by Gasteiger charge is 2.29. The molecule has 1 aromatic rings. The summed E-state index contributed by atoms with van der Waals surface area (Å²) in [6, 6.07) is 0.471. The lowest BCUT2D eigenvalue weighted by Gasteiger charge is -2.38. The summed E-state index contributed by atoms with van der Waals surface area (Å²) in [5, 5.41) is 6.76. The topological polar surface area (TPSA) is 54.5 Å². The van der Waals surface area contributed by atoms with Crippen molar-refractivity contribution in [3.05, 3.63) is 16.1 Å². The fourth-order valence-electron chi connectivity index (χ4n) is 3.02. The Morgan fingerprint density at radius 3 is 3.05 bits per heavy atom. The minimum Gasteiger partial charge on any atom is -0.378 e. The van der Waals surface area contributed by atoms with Crippen LogP contribution in [0.1, 0.15) is 43.8 Å². The van der Waals surface area contributed by atoms with Crippen molar-refractivity contribution in [2.45, 2.75) is 52.3 Å². The van der Waals surface area contributed by atoms with Gasteiger partial charge in [0.2, 0.25) is 5.91 Å². The number of carbonyl (C=O) groups is 1. The van der Waals surface area contributed by atoms with E-state index in [1.165, 1.54) is 0 Å². The normalized spacial score (nSPS) is 22.0. The summed E-state index contributed by atoms with van der Waals surface area (Å²) in [5.74, 6) is 0.807. The Balaban J connectivity index is 1.85. The van der Waals surface area contributed by atoms with Crippen molar-refractivity contribution in [3.8, 4) is 0 Å². The Kier molecular flexibility index (Phi) is 6.79. The highest BCUT2D eigenvalue weighted by Crippen LogP contribution is 2.21. The molecule has 0 unspecified atom stereocenters. The molecule has 0 spiro atoms. The molecular formula is C16H27N3O2S. The lowest BCUT2D eigenvalue weighted by molar-refractivity contribution is -0.133. The highest BCUT2D eigenvalue weighted by molar-refractivity contribution is 7.09. The molecule has 1 amide bonds. The van der Waals surface area contributed by atoms with Gasteiger partial charge in [-0.1, -0.05) is 20.3 Å². The molecule has 1 fully saturated rings. The fraction of sp³-hybridized carbons (Fsp3) is 0.750. The molecule has 1 saturated heterocycles. The van der Waals surface area contributed by atoms with E-state index in [0.717, 1.165) is 43.2 Å². The van der Waals surface area contributed by atoms with E-state index >= 15 is 0 Å². The molecule has 5 nitrogen and oxygen atoms in total. The van der Waals surface area contributed by atoms with Crippen LogP contribution in [0.4, 0.5) is 0 Å². The second-order valence-corrected chi connectivity index (χ2v) is 6.75. The van der Waals surface area contributed by atoms with Crippen LogP contribution in [0.3, 0.4) is 0 Å². The third kappa shape index (κ3) is 4.51. The Morgan fingerprint density at radius 1 is 1.55 bits per heavy atom. The average Bonchev–Trinajstić information content (AvgIpc) is 3.00. The maximum atomic E-state index is 11.9. The van der Waals surface area contributed by atoms with Gasteiger partial charge in [0.15, 0.2) is 0 Å². The van der Waals surface area contributed by atoms with E-state index < -0.39 is 0 Å². The number of methoxy groups -OCH3 is 1. The van der Waals surface area contributed by atoms with E-state index in [1.807, 2.05) is 11.8 Å². The van der Waals surface area contributed by atoms with E-state index in [1.54, 1.807) is 18.4 Å². The summed E-state index contributed by atoms with van der Waals surface area (Å²) < 4.78 is 5.11. The number of amides is 1. The summed E-state index contributed by atoms with van der Waals surface area (Å²) in [4.78, 5) is 18.4. The smallest absolute Gasteiger partial charge is 0.222 e. The summed E-state index contributed by atoms with van der Waals surface area (Å²) >= 11 is 1.65. The lowest BCUT2D eigenvalue weighted by Crippen LogP contribution is -2.50. The van der Waals surface area contributed by atoms with Crippen LogP contribution in [0.15, 0.2) is 5.38 Å². The number of carbonyl (C=O) groups excluding carboxylic acids is 1. The second kappa shape index (κ2) is 8.60. The number of likely N-dealkylation sites (tertiary alicyclic amines) is 1. The molecule has 2 heterocycles. The molecule has 2 atom stereocenters. The summed E-state index contributed by atoms with van der Waals surface area (Å²) in [5.41, 5.74) is 1.08. The lowest BCUT2D eigenvalue weighted by atomic mass is 9.89. The van der Waals surface area contributed by atoms with Crippen LogP contribution in [0, 0.1) is 5.92 Å². The number of hydrogen-bond donors (Lipinski definition) is 1. The molecule has 0 saturated carbocycles. The molecule has 1 N–H and O–H groups in total. The van der Waals surface area contributed by atoms with E-state index in [9.17, 15) is 4.79 Å². The zero-order valence-corrected chi connectivity index (χ0v) is 14.6. The number of ether oxygens (including phenoxy) is 1. The highest BCUT2D eigenvalue weighted by atomic mass is 32.1. The molecule has 22 heavy (non-hydrogen) atoms. The number of nitrogens with zero attached hydrogens (tertiary/aromatic N) is 2. The number of rotatable bonds is 7. The van der Waals surface area contributed by atoms with Crippen molar-refractivity contribution in [1.29, 1.82) is 0 Å². The molecule has 6 heteroatoms. The monoisotopic (exact) mass is 325 g/mol. The SMILES string of the molecule is CCC(=O)N1CC[C@H](NCc2csc(COC)n2)[C@@H](CC)C1. The van der Waals surface area contributed by atoms with Gasteiger partial charge in [-0.25, -0.2) is 4.98 Å². The number of hydrogen-bond acceptors (Lipinski definition) is 5. The fourth-order valence-corrected chi connectivity index (χ4v) is 3.78. The summed E-state index contributed by atoms with van der Waals surface area (Å²) in [7, 11) is 1.69. The van der Waals surface area contributed by atoms with Crippen molar-refractivity contribution in [3.63, 3.8) is 0 Å². The first kappa shape index (κ1) is 17.4. The number of piperidine rings is 1. The van der Waals surface area contributed by atoms with Gasteiger partial charge in [-0.15, -0.1) is 11.3 Å². The van der Waals surface area contributed by atoms with Crippen LogP contribution in [-0.4, -0.2) is 42.0 Å². The van der Waals surface area contributed by atoms with E-state index in [0.29, 0.717) is 25.0 Å². The first-order valence-electron chi connectivity index (χ1n) is 8.11. The average molecular weight is 325 g/mol. The Morgan fingerprint density at radius 2 is 2.36 bits per heavy atom.